The van der Waals surface area contributed by atoms with E-state index >= 15 is 0 Å². The van der Waals surface area contributed by atoms with E-state index in [4.69, 9.17) is 10.5 Å². The minimum atomic E-state index is -1.80. The van der Waals surface area contributed by atoms with Gasteiger partial charge >= 0.3 is 5.97 Å². The number of aliphatic hydroxyl groups excluding tert-OH is 2. The molecule has 28 heteroatoms. The number of hydrogen-bond donors (Lipinski definition) is 14. The Hall–Kier alpha value is -7.30. The molecule has 11 amide bonds. The monoisotopic (exact) mass is 1260 g/mol. The number of aliphatic hydroxyl groups is 2. The summed E-state index contributed by atoms with van der Waals surface area (Å²) in [6.45, 7) is 15.0. The number of nitrogens with two attached hydrogens (primary N) is 1. The molecule has 0 aromatic heterocycles. The Bertz CT molecular complexity index is 2600. The lowest BCUT2D eigenvalue weighted by Crippen LogP contribution is -2.63. The van der Waals surface area contributed by atoms with Crippen LogP contribution in [0.2, 0.25) is 0 Å². The number of nitrogens with one attached hydrogen (secondary N) is 11. The van der Waals surface area contributed by atoms with E-state index in [1.807, 2.05) is 49.3 Å². The third kappa shape index (κ3) is 22.3. The molecule has 2 fully saturated rings. The number of rotatable bonds is 34. The number of primary amides is 1. The molecule has 1 saturated carbocycles. The first kappa shape index (κ1) is 75.9. The lowest BCUT2D eigenvalue weighted by atomic mass is 9.94. The molecule has 1 aliphatic carbocycles. The van der Waals surface area contributed by atoms with Crippen LogP contribution in [0.4, 0.5) is 0 Å². The standard InChI is InChI=1S/C61H101N13O15/c1-14-32(5)45(68-51(79)40(63-11)24-23-38-21-19-18-20-22-38)55(83)66-42(30-75)53(81)65-41(25-26-44(62)77)52(80)69-47(34(7)16-3)57(85)70-46(33(6)15-2)56(84)67-43(31-76)54(82)71-49-37(10)89-59(87)48(35(8)17-4)72-60(88)61(29-39(61)27-28-74(12)13)73-50(78)36(9)64-58(49)86/h18-22,32-37,39-43,45-49,63,75-76H,14-17,23-31H2,1-13H3,(H2,62,77)(H,64,86)(H,65,81)(H,66,83)(H,67,84)(H,68,79)(H,69,80)(H,70,85)(H,71,82)(H,72,88)(H,73,78)/t32-,33-,34-,35-,36-,37-,39?,40+,41+,42-,43-,45-,46-,47+,48-,49+,61?/m0/s1. The predicted molar refractivity (Wildman–Crippen MR) is 329 cm³/mol. The van der Waals surface area contributed by atoms with E-state index in [9.17, 15) is 67.7 Å². The second-order valence-electron chi connectivity index (χ2n) is 24.2. The molecule has 2 unspecified atom stereocenters. The number of carbonyl (C=O) groups is 12. The number of amides is 11. The van der Waals surface area contributed by atoms with E-state index < -0.39 is 193 Å². The van der Waals surface area contributed by atoms with Gasteiger partial charge in [0.05, 0.1) is 19.3 Å². The van der Waals surface area contributed by atoms with E-state index in [1.54, 1.807) is 62.4 Å². The van der Waals surface area contributed by atoms with Gasteiger partial charge in [0.1, 0.15) is 66.0 Å². The van der Waals surface area contributed by atoms with Crippen molar-refractivity contribution in [2.75, 3.05) is 40.9 Å². The number of aryl methyl sites for hydroxylation is 1. The molecule has 0 radical (unpaired) electrons. The van der Waals surface area contributed by atoms with Crippen molar-refractivity contribution in [3.8, 4) is 0 Å². The van der Waals surface area contributed by atoms with Crippen LogP contribution in [0.15, 0.2) is 30.3 Å². The Morgan fingerprint density at radius 2 is 1.13 bits per heavy atom. The van der Waals surface area contributed by atoms with Crippen molar-refractivity contribution < 1.29 is 72.5 Å². The van der Waals surface area contributed by atoms with Crippen LogP contribution in [0.3, 0.4) is 0 Å². The van der Waals surface area contributed by atoms with Gasteiger partial charge in [0.15, 0.2) is 0 Å². The van der Waals surface area contributed by atoms with Crippen LogP contribution < -0.4 is 64.2 Å². The Balaban J connectivity index is 1.84. The molecule has 1 aliphatic heterocycles. The molecule has 1 aromatic rings. The van der Waals surface area contributed by atoms with Gasteiger partial charge in [-0.05, 0) is 109 Å². The summed E-state index contributed by atoms with van der Waals surface area (Å²) in [6, 6.07) is -4.54. The summed E-state index contributed by atoms with van der Waals surface area (Å²) in [5, 5.41) is 49.9. The van der Waals surface area contributed by atoms with Crippen LogP contribution in [0, 0.1) is 29.6 Å². The number of cyclic esters (lactones) is 1. The maximum Gasteiger partial charge on any atom is 0.329 e. The maximum atomic E-state index is 14.4. The lowest BCUT2D eigenvalue weighted by Gasteiger charge is -2.31. The zero-order valence-corrected chi connectivity index (χ0v) is 54.0. The highest BCUT2D eigenvalue weighted by Gasteiger charge is 2.61. The number of likely N-dealkylation sites (N-methyl/N-ethyl adjacent to an activating group) is 1. The molecule has 28 nitrogen and oxygen atoms in total. The smallest absolute Gasteiger partial charge is 0.329 e. The van der Waals surface area contributed by atoms with Gasteiger partial charge in [-0.15, -0.1) is 0 Å². The Kier molecular flexibility index (Phi) is 31.0. The third-order valence-electron chi connectivity index (χ3n) is 17.2. The van der Waals surface area contributed by atoms with Gasteiger partial charge in [0, 0.05) is 6.42 Å². The van der Waals surface area contributed by atoms with Gasteiger partial charge in [-0.3, -0.25) is 52.7 Å². The normalized spacial score (nSPS) is 23.3. The maximum absolute atomic E-state index is 14.4. The van der Waals surface area contributed by atoms with Crippen molar-refractivity contribution in [2.24, 2.45) is 35.3 Å². The molecular formula is C61H101N13O15. The van der Waals surface area contributed by atoms with Crippen LogP contribution >= 0.6 is 0 Å². The molecule has 1 aromatic carbocycles. The number of carbonyl (C=O) groups excluding carboxylic acids is 12. The quantitative estimate of drug-likeness (QED) is 0.0326. The van der Waals surface area contributed by atoms with Gasteiger partial charge in [-0.1, -0.05) is 111 Å². The lowest BCUT2D eigenvalue weighted by molar-refractivity contribution is -0.157. The van der Waals surface area contributed by atoms with Gasteiger partial charge in [0.2, 0.25) is 65.0 Å². The number of benzene rings is 1. The zero-order valence-electron chi connectivity index (χ0n) is 54.0. The van der Waals surface area contributed by atoms with Gasteiger partial charge in [-0.2, -0.15) is 0 Å². The second-order valence-corrected chi connectivity index (χ2v) is 24.2. The summed E-state index contributed by atoms with van der Waals surface area (Å²) in [4.78, 5) is 168. The molecule has 15 N–H and O–H groups in total. The van der Waals surface area contributed by atoms with Crippen molar-refractivity contribution in [2.45, 2.75) is 206 Å². The Labute approximate surface area is 522 Å². The topological polar surface area (TPSA) is 416 Å². The van der Waals surface area contributed by atoms with Gasteiger partial charge < -0.3 is 84.1 Å². The number of ether oxygens (including phenoxy) is 1. The van der Waals surface area contributed by atoms with Crippen molar-refractivity contribution in [1.82, 2.24) is 63.4 Å². The van der Waals surface area contributed by atoms with Crippen molar-refractivity contribution in [3.05, 3.63) is 35.9 Å². The first-order valence-electron chi connectivity index (χ1n) is 31.1. The third-order valence-corrected chi connectivity index (χ3v) is 17.2. The Morgan fingerprint density at radius 3 is 1.62 bits per heavy atom. The molecular weight excluding hydrogens is 1150 g/mol. The van der Waals surface area contributed by atoms with Crippen molar-refractivity contribution in [3.63, 3.8) is 0 Å². The van der Waals surface area contributed by atoms with Crippen molar-refractivity contribution in [1.29, 1.82) is 0 Å². The van der Waals surface area contributed by atoms with Crippen LogP contribution in [0.1, 0.15) is 133 Å². The molecule has 3 rings (SSSR count). The SMILES string of the molecule is CC[C@H](C)[C@H](NC(=O)[C@@H](CCc1ccccc1)NC)C(=O)N[C@@H](CO)C(=O)N[C@H](CCC(N)=O)C(=O)N[C@@H](C(=O)N[C@H](C(=O)N[C@@H](CO)C(=O)N[C@H]1C(=O)N[C@@H](C)C(=O)NC2(CC2CCN(C)C)C(=O)N[C@@H]([C@@H](C)CC)C(=O)O[C@H]1C)[C@@H](C)CC)[C@@H](C)CC. The average Bonchev–Trinajstić information content (AvgIpc) is 1.61. The van der Waals surface area contributed by atoms with Crippen molar-refractivity contribution >= 4 is 70.9 Å². The highest BCUT2D eigenvalue weighted by Crippen LogP contribution is 2.46. The van der Waals surface area contributed by atoms with Crippen LogP contribution in [0.5, 0.6) is 0 Å². The largest absolute Gasteiger partial charge is 0.458 e. The van der Waals surface area contributed by atoms with Crippen LogP contribution in [-0.4, -0.2) is 199 Å². The van der Waals surface area contributed by atoms with Crippen LogP contribution in [-0.2, 0) is 68.7 Å². The van der Waals surface area contributed by atoms with E-state index in [2.05, 4.69) is 58.5 Å². The predicted octanol–water partition coefficient (Wildman–Crippen LogP) is -2.20. The molecule has 0 bridgehead atoms. The zero-order chi connectivity index (χ0) is 67.0. The first-order valence-corrected chi connectivity index (χ1v) is 31.1. The highest BCUT2D eigenvalue weighted by atomic mass is 16.5. The summed E-state index contributed by atoms with van der Waals surface area (Å²) in [5.41, 5.74) is 5.09. The van der Waals surface area contributed by atoms with E-state index in [0.717, 1.165) is 5.56 Å². The van der Waals surface area contributed by atoms with Crippen LogP contribution in [0.25, 0.3) is 0 Å². The Morgan fingerprint density at radius 1 is 0.652 bits per heavy atom. The number of esters is 1. The van der Waals surface area contributed by atoms with Gasteiger partial charge in [-0.25, -0.2) is 4.79 Å². The van der Waals surface area contributed by atoms with E-state index in [1.165, 1.54) is 13.8 Å². The number of nitrogens with zero attached hydrogens (tertiary/aromatic N) is 1. The summed E-state index contributed by atoms with van der Waals surface area (Å²) >= 11 is 0. The molecule has 1 heterocycles. The fourth-order valence-corrected chi connectivity index (χ4v) is 10.1. The summed E-state index contributed by atoms with van der Waals surface area (Å²) in [6.07, 6.45) is 0.855. The molecule has 89 heavy (non-hydrogen) atoms. The molecule has 17 atom stereocenters. The fraction of sp³-hybridized carbons (Fsp3) is 0.705. The molecule has 2 aliphatic rings. The minimum absolute atomic E-state index is 0.265. The fourth-order valence-electron chi connectivity index (χ4n) is 10.1. The summed E-state index contributed by atoms with van der Waals surface area (Å²) in [5.74, 6) is -13.0. The molecule has 1 saturated heterocycles. The van der Waals surface area contributed by atoms with E-state index in [-0.39, 0.29) is 25.2 Å². The highest BCUT2D eigenvalue weighted by molar-refractivity contribution is 6.01. The second kappa shape index (κ2) is 36.4. The first-order chi connectivity index (χ1) is 42.0. The van der Waals surface area contributed by atoms with E-state index in [0.29, 0.717) is 38.6 Å². The molecule has 1 spiro atoms. The number of hydrogen-bond acceptors (Lipinski definition) is 17. The minimum Gasteiger partial charge on any atom is -0.458 e. The summed E-state index contributed by atoms with van der Waals surface area (Å²) < 4.78 is 5.78. The molecule has 500 valence electrons. The van der Waals surface area contributed by atoms with Gasteiger partial charge in [0.25, 0.3) is 0 Å². The summed E-state index contributed by atoms with van der Waals surface area (Å²) in [7, 11) is 5.35. The average molecular weight is 1260 g/mol.